The van der Waals surface area contributed by atoms with E-state index in [2.05, 4.69) is 31.9 Å². The van der Waals surface area contributed by atoms with Gasteiger partial charge in [-0.2, -0.15) is 0 Å². The Morgan fingerprint density at radius 3 is 1.36 bits per heavy atom. The van der Waals surface area contributed by atoms with Crippen molar-refractivity contribution in [3.8, 4) is 0 Å². The van der Waals surface area contributed by atoms with Gasteiger partial charge in [-0.05, 0) is 31.9 Å². The largest absolute Gasteiger partial charge is 0.491 e. The highest BCUT2D eigenvalue weighted by molar-refractivity contribution is 9.12. The summed E-state index contributed by atoms with van der Waals surface area (Å²) < 4.78 is 9.73. The summed E-state index contributed by atoms with van der Waals surface area (Å²) in [5.41, 5.74) is 0. The van der Waals surface area contributed by atoms with Gasteiger partial charge in [0.15, 0.2) is 11.5 Å². The van der Waals surface area contributed by atoms with E-state index in [1.165, 1.54) is 14.2 Å². The Morgan fingerprint density at radius 2 is 1.14 bits per heavy atom. The van der Waals surface area contributed by atoms with Gasteiger partial charge in [-0.15, -0.1) is 0 Å². The lowest BCUT2D eigenvalue weighted by Crippen LogP contribution is -2.21. The first-order valence-electron chi connectivity index (χ1n) is 3.51. The number of carbonyl (C=O) groups excluding carboxylic acids is 2. The molecule has 0 atom stereocenters. The van der Waals surface area contributed by atoms with E-state index >= 15 is 0 Å². The van der Waals surface area contributed by atoms with Gasteiger partial charge in [0.05, 0.1) is 14.2 Å². The van der Waals surface area contributed by atoms with Gasteiger partial charge in [-0.25, -0.2) is 0 Å². The van der Waals surface area contributed by atoms with Crippen molar-refractivity contribution in [2.45, 2.75) is 0 Å². The fraction of sp³-hybridized carbons (Fsp3) is 0.250. The van der Waals surface area contributed by atoms with E-state index in [1.54, 1.807) is 0 Å². The van der Waals surface area contributed by atoms with Crippen LogP contribution in [0, 0.1) is 0 Å². The van der Waals surface area contributed by atoms with Crippen LogP contribution in [-0.4, -0.2) is 25.8 Å². The standard InChI is InChI=1S/C8H6Br2O4/c1-13-7-3(9)6(12)8(14-2)4(10)5(7)11/h1-2H3. The zero-order valence-electron chi connectivity index (χ0n) is 7.39. The monoisotopic (exact) mass is 324 g/mol. The fourth-order valence-electron chi connectivity index (χ4n) is 0.970. The van der Waals surface area contributed by atoms with Crippen LogP contribution >= 0.6 is 31.9 Å². The number of rotatable bonds is 2. The summed E-state index contributed by atoms with van der Waals surface area (Å²) in [7, 11) is 2.64. The molecule has 1 aliphatic carbocycles. The van der Waals surface area contributed by atoms with Crippen molar-refractivity contribution >= 4 is 43.4 Å². The predicted molar refractivity (Wildman–Crippen MR) is 55.9 cm³/mol. The Morgan fingerprint density at radius 1 is 0.857 bits per heavy atom. The second-order valence-electron chi connectivity index (χ2n) is 2.35. The summed E-state index contributed by atoms with van der Waals surface area (Å²) >= 11 is 5.96. The molecule has 1 aliphatic rings. The van der Waals surface area contributed by atoms with E-state index in [0.29, 0.717) is 0 Å². The van der Waals surface area contributed by atoms with Gasteiger partial charge < -0.3 is 9.47 Å². The molecule has 1 rings (SSSR count). The first kappa shape index (κ1) is 11.5. The zero-order valence-corrected chi connectivity index (χ0v) is 10.6. The number of allylic oxidation sites excluding steroid dienone is 2. The van der Waals surface area contributed by atoms with Crippen LogP contribution in [0.2, 0.25) is 0 Å². The summed E-state index contributed by atoms with van der Waals surface area (Å²) in [6, 6.07) is 0. The molecule has 76 valence electrons. The van der Waals surface area contributed by atoms with Crippen molar-refractivity contribution in [2.75, 3.05) is 14.2 Å². The lowest BCUT2D eigenvalue weighted by atomic mass is 10.1. The minimum Gasteiger partial charge on any atom is -0.491 e. The summed E-state index contributed by atoms with van der Waals surface area (Å²) in [6.45, 7) is 0. The van der Waals surface area contributed by atoms with Gasteiger partial charge in [-0.3, -0.25) is 9.59 Å². The van der Waals surface area contributed by atoms with Gasteiger partial charge in [-0.1, -0.05) is 0 Å². The van der Waals surface area contributed by atoms with Gasteiger partial charge in [0, 0.05) is 0 Å². The average Bonchev–Trinajstić information content (AvgIpc) is 2.17. The predicted octanol–water partition coefficient (Wildman–Crippen LogP) is 1.64. The van der Waals surface area contributed by atoms with Crippen LogP contribution in [0.1, 0.15) is 0 Å². The molecule has 0 bridgehead atoms. The van der Waals surface area contributed by atoms with Crippen LogP contribution in [0.3, 0.4) is 0 Å². The summed E-state index contributed by atoms with van der Waals surface area (Å²) in [4.78, 5) is 23.1. The van der Waals surface area contributed by atoms with Gasteiger partial charge in [0.1, 0.15) is 8.96 Å². The second kappa shape index (κ2) is 4.27. The molecular formula is C8H6Br2O4. The average molecular weight is 326 g/mol. The molecule has 0 saturated carbocycles. The summed E-state index contributed by atoms with van der Waals surface area (Å²) in [5.74, 6) is -0.892. The second-order valence-corrected chi connectivity index (χ2v) is 3.94. The van der Waals surface area contributed by atoms with E-state index in [1.807, 2.05) is 0 Å². The lowest BCUT2D eigenvalue weighted by Gasteiger charge is -2.15. The van der Waals surface area contributed by atoms with Crippen LogP contribution in [0.4, 0.5) is 0 Å². The van der Waals surface area contributed by atoms with Crippen LogP contribution in [0.15, 0.2) is 20.5 Å². The highest BCUT2D eigenvalue weighted by Crippen LogP contribution is 2.31. The van der Waals surface area contributed by atoms with Gasteiger partial charge >= 0.3 is 0 Å². The highest BCUT2D eigenvalue weighted by atomic mass is 79.9. The molecule has 6 heteroatoms. The molecule has 0 N–H and O–H groups in total. The molecule has 14 heavy (non-hydrogen) atoms. The molecule has 0 aliphatic heterocycles. The summed E-state index contributed by atoms with van der Waals surface area (Å²) in [6.07, 6.45) is 0. The number of ketones is 2. The molecule has 0 aromatic rings. The van der Waals surface area contributed by atoms with Gasteiger partial charge in [0.2, 0.25) is 11.6 Å². The molecule has 0 radical (unpaired) electrons. The van der Waals surface area contributed by atoms with Crippen molar-refractivity contribution < 1.29 is 19.1 Å². The maximum Gasteiger partial charge on any atom is 0.239 e. The molecule has 0 fully saturated rings. The third-order valence-electron chi connectivity index (χ3n) is 1.62. The third-order valence-corrected chi connectivity index (χ3v) is 3.06. The van der Waals surface area contributed by atoms with Gasteiger partial charge in [0.25, 0.3) is 0 Å². The van der Waals surface area contributed by atoms with E-state index in [4.69, 9.17) is 9.47 Å². The Hall–Kier alpha value is -0.620. The van der Waals surface area contributed by atoms with E-state index in [9.17, 15) is 9.59 Å². The Labute approximate surface area is 97.2 Å². The normalized spacial score (nSPS) is 17.7. The number of methoxy groups -OCH3 is 2. The first-order chi connectivity index (χ1) is 6.54. The fourth-order valence-corrected chi connectivity index (χ4v) is 2.01. The highest BCUT2D eigenvalue weighted by Gasteiger charge is 2.34. The molecule has 4 nitrogen and oxygen atoms in total. The smallest absolute Gasteiger partial charge is 0.239 e. The van der Waals surface area contributed by atoms with E-state index in [-0.39, 0.29) is 20.5 Å². The van der Waals surface area contributed by atoms with Crippen LogP contribution in [0.25, 0.3) is 0 Å². The molecule has 0 aromatic heterocycles. The minimum atomic E-state index is -0.421. The van der Waals surface area contributed by atoms with Crippen LogP contribution in [-0.2, 0) is 19.1 Å². The SMILES string of the molecule is COC1=C(Br)C(=O)C(OC)=C(Br)C1=O. The Balaban J connectivity index is 3.28. The van der Waals surface area contributed by atoms with Crippen LogP contribution < -0.4 is 0 Å². The number of hydrogen-bond donors (Lipinski definition) is 0. The van der Waals surface area contributed by atoms with Crippen molar-refractivity contribution in [1.29, 1.82) is 0 Å². The van der Waals surface area contributed by atoms with Crippen molar-refractivity contribution in [1.82, 2.24) is 0 Å². The number of halogens is 2. The molecule has 0 heterocycles. The molecular weight excluding hydrogens is 320 g/mol. The number of hydrogen-bond acceptors (Lipinski definition) is 4. The zero-order chi connectivity index (χ0) is 10.9. The molecule has 0 spiro atoms. The number of Topliss-reactive ketones (excluding diaryl/α,β-unsaturated/α-hetero) is 2. The number of carbonyl (C=O) groups is 2. The lowest BCUT2D eigenvalue weighted by molar-refractivity contribution is -0.119. The Bertz CT molecular complexity index is 332. The van der Waals surface area contributed by atoms with Crippen LogP contribution in [0.5, 0.6) is 0 Å². The maximum absolute atomic E-state index is 11.5. The van der Waals surface area contributed by atoms with E-state index in [0.717, 1.165) is 0 Å². The quantitative estimate of drug-likeness (QED) is 0.724. The topological polar surface area (TPSA) is 52.6 Å². The third kappa shape index (κ3) is 1.64. The number of ether oxygens (including phenoxy) is 2. The van der Waals surface area contributed by atoms with Crippen molar-refractivity contribution in [2.24, 2.45) is 0 Å². The van der Waals surface area contributed by atoms with E-state index < -0.39 is 11.6 Å². The van der Waals surface area contributed by atoms with Crippen molar-refractivity contribution in [3.05, 3.63) is 20.5 Å². The molecule has 0 saturated heterocycles. The van der Waals surface area contributed by atoms with Crippen molar-refractivity contribution in [3.63, 3.8) is 0 Å². The molecule has 0 amide bonds. The minimum absolute atomic E-state index is 0.0253. The Kier molecular flexibility index (Phi) is 3.49. The molecule has 0 aromatic carbocycles. The first-order valence-corrected chi connectivity index (χ1v) is 5.10. The summed E-state index contributed by atoms with van der Waals surface area (Å²) in [5, 5.41) is 0. The maximum atomic E-state index is 11.5. The molecule has 0 unspecified atom stereocenters.